The molecule has 1 aromatic carbocycles. The van der Waals surface area contributed by atoms with Crippen LogP contribution in [0.15, 0.2) is 41.5 Å². The minimum atomic E-state index is 0.242. The van der Waals surface area contributed by atoms with E-state index < -0.39 is 0 Å². The Labute approximate surface area is 182 Å². The quantitative estimate of drug-likeness (QED) is 0.447. The Bertz CT molecular complexity index is 1040. The Morgan fingerprint density at radius 3 is 2.90 bits per heavy atom. The Hall–Kier alpha value is -3.20. The third-order valence-corrected chi connectivity index (χ3v) is 5.23. The van der Waals surface area contributed by atoms with Crippen molar-refractivity contribution in [2.24, 2.45) is 4.99 Å². The number of nitrogens with one attached hydrogen (secondary N) is 2. The fourth-order valence-corrected chi connectivity index (χ4v) is 3.76. The van der Waals surface area contributed by atoms with E-state index in [1.807, 2.05) is 40.7 Å². The van der Waals surface area contributed by atoms with Crippen molar-refractivity contribution in [2.45, 2.75) is 52.4 Å². The second-order valence-electron chi connectivity index (χ2n) is 7.66. The summed E-state index contributed by atoms with van der Waals surface area (Å²) >= 11 is 0. The van der Waals surface area contributed by atoms with Gasteiger partial charge in [-0.3, -0.25) is 0 Å². The van der Waals surface area contributed by atoms with Crippen LogP contribution in [-0.2, 0) is 30.9 Å². The molecule has 1 atom stereocenters. The SMILES string of the molecule is CCNC(=NCc1ccccc1-n1ccc(C)n1)NC1CCc2nc(COC)nn2C1. The molecule has 0 amide bonds. The second-order valence-corrected chi connectivity index (χ2v) is 7.66. The maximum absolute atomic E-state index is 5.16. The summed E-state index contributed by atoms with van der Waals surface area (Å²) in [7, 11) is 1.66. The molecule has 3 heterocycles. The van der Waals surface area contributed by atoms with Gasteiger partial charge in [-0.2, -0.15) is 10.2 Å². The number of rotatable bonds is 7. The smallest absolute Gasteiger partial charge is 0.191 e. The average Bonchev–Trinajstić information content (AvgIpc) is 3.38. The molecule has 1 aliphatic rings. The van der Waals surface area contributed by atoms with Gasteiger partial charge in [0.15, 0.2) is 11.8 Å². The lowest BCUT2D eigenvalue weighted by atomic mass is 10.1. The van der Waals surface area contributed by atoms with Crippen molar-refractivity contribution in [1.29, 1.82) is 0 Å². The molecule has 0 aliphatic carbocycles. The van der Waals surface area contributed by atoms with E-state index in [-0.39, 0.29) is 6.04 Å². The normalized spacial score (nSPS) is 16.2. The highest BCUT2D eigenvalue weighted by molar-refractivity contribution is 5.80. The van der Waals surface area contributed by atoms with Gasteiger partial charge in [0.25, 0.3) is 0 Å². The molecule has 4 rings (SSSR count). The van der Waals surface area contributed by atoms with E-state index in [4.69, 9.17) is 9.73 Å². The molecule has 0 spiro atoms. The van der Waals surface area contributed by atoms with Gasteiger partial charge in [-0.05, 0) is 38.0 Å². The lowest BCUT2D eigenvalue weighted by Gasteiger charge is -2.25. The van der Waals surface area contributed by atoms with E-state index in [0.29, 0.717) is 13.2 Å². The van der Waals surface area contributed by atoms with E-state index in [1.54, 1.807) is 7.11 Å². The molecule has 0 bridgehead atoms. The Morgan fingerprint density at radius 1 is 1.26 bits per heavy atom. The maximum atomic E-state index is 5.16. The number of aromatic nitrogens is 5. The molecule has 3 aromatic rings. The van der Waals surface area contributed by atoms with Gasteiger partial charge in [0.05, 0.1) is 24.5 Å². The summed E-state index contributed by atoms with van der Waals surface area (Å²) in [4.78, 5) is 9.40. The van der Waals surface area contributed by atoms with Gasteiger partial charge < -0.3 is 15.4 Å². The number of nitrogens with zero attached hydrogens (tertiary/aromatic N) is 6. The van der Waals surface area contributed by atoms with E-state index in [9.17, 15) is 0 Å². The van der Waals surface area contributed by atoms with Crippen molar-refractivity contribution in [2.75, 3.05) is 13.7 Å². The Balaban J connectivity index is 1.46. The fraction of sp³-hybridized carbons (Fsp3) is 0.455. The summed E-state index contributed by atoms with van der Waals surface area (Å²) in [6.45, 7) is 6.63. The lowest BCUT2D eigenvalue weighted by molar-refractivity contribution is 0.177. The number of hydrogen-bond donors (Lipinski definition) is 2. The summed E-state index contributed by atoms with van der Waals surface area (Å²) in [6.07, 6.45) is 3.85. The van der Waals surface area contributed by atoms with Crippen LogP contribution >= 0.6 is 0 Å². The van der Waals surface area contributed by atoms with Crippen LogP contribution in [0.1, 0.15) is 36.3 Å². The highest BCUT2D eigenvalue weighted by Gasteiger charge is 2.22. The van der Waals surface area contributed by atoms with Gasteiger partial charge >= 0.3 is 0 Å². The van der Waals surface area contributed by atoms with Crippen LogP contribution in [-0.4, -0.2) is 50.2 Å². The highest BCUT2D eigenvalue weighted by atomic mass is 16.5. The zero-order valence-electron chi connectivity index (χ0n) is 18.4. The molecule has 1 aliphatic heterocycles. The minimum Gasteiger partial charge on any atom is -0.377 e. The predicted molar refractivity (Wildman–Crippen MR) is 119 cm³/mol. The highest BCUT2D eigenvalue weighted by Crippen LogP contribution is 2.16. The van der Waals surface area contributed by atoms with Gasteiger partial charge in [-0.15, -0.1) is 0 Å². The number of aryl methyl sites for hydroxylation is 2. The van der Waals surface area contributed by atoms with Crippen molar-refractivity contribution >= 4 is 5.96 Å². The van der Waals surface area contributed by atoms with E-state index >= 15 is 0 Å². The molecule has 0 saturated heterocycles. The number of guanidine groups is 1. The van der Waals surface area contributed by atoms with Crippen LogP contribution in [0.4, 0.5) is 0 Å². The lowest BCUT2D eigenvalue weighted by Crippen LogP contribution is -2.47. The first kappa shape index (κ1) is 21.0. The van der Waals surface area contributed by atoms with Gasteiger partial charge in [0.2, 0.25) is 0 Å². The molecular weight excluding hydrogens is 392 g/mol. The van der Waals surface area contributed by atoms with Crippen LogP contribution in [0.5, 0.6) is 0 Å². The summed E-state index contributed by atoms with van der Waals surface area (Å²) in [5.74, 6) is 2.57. The van der Waals surface area contributed by atoms with Gasteiger partial charge in [-0.25, -0.2) is 19.3 Å². The van der Waals surface area contributed by atoms with Gasteiger partial charge in [0, 0.05) is 32.3 Å². The molecule has 0 fully saturated rings. The first-order valence-electron chi connectivity index (χ1n) is 10.7. The van der Waals surface area contributed by atoms with E-state index in [2.05, 4.69) is 44.9 Å². The predicted octanol–water partition coefficient (Wildman–Crippen LogP) is 1.99. The van der Waals surface area contributed by atoms with Crippen molar-refractivity contribution < 1.29 is 4.74 Å². The first-order chi connectivity index (χ1) is 15.2. The Morgan fingerprint density at radius 2 is 2.13 bits per heavy atom. The third kappa shape index (κ3) is 5.11. The second kappa shape index (κ2) is 9.74. The molecule has 2 N–H and O–H groups in total. The van der Waals surface area contributed by atoms with Crippen LogP contribution in [0.25, 0.3) is 5.69 Å². The summed E-state index contributed by atoms with van der Waals surface area (Å²) in [5, 5.41) is 16.0. The summed E-state index contributed by atoms with van der Waals surface area (Å²) < 4.78 is 9.05. The molecule has 164 valence electrons. The number of hydrogen-bond acceptors (Lipinski definition) is 5. The first-order valence-corrected chi connectivity index (χ1v) is 10.7. The number of benzene rings is 1. The largest absolute Gasteiger partial charge is 0.377 e. The van der Waals surface area contributed by atoms with Crippen LogP contribution < -0.4 is 10.6 Å². The van der Waals surface area contributed by atoms with Gasteiger partial charge in [0.1, 0.15) is 12.4 Å². The molecule has 1 unspecified atom stereocenters. The number of ether oxygens (including phenoxy) is 1. The number of fused-ring (bicyclic) bond motifs is 1. The monoisotopic (exact) mass is 422 g/mol. The summed E-state index contributed by atoms with van der Waals surface area (Å²) in [5.41, 5.74) is 3.16. The van der Waals surface area contributed by atoms with Crippen molar-refractivity contribution in [3.63, 3.8) is 0 Å². The third-order valence-electron chi connectivity index (χ3n) is 5.23. The van der Waals surface area contributed by atoms with Crippen LogP contribution in [0.2, 0.25) is 0 Å². The standard InChI is InChI=1S/C22H30N8O/c1-4-23-22(25-18-9-10-21-26-20(15-31-3)28-30(21)14-18)24-13-17-7-5-6-8-19(17)29-12-11-16(2)27-29/h5-8,11-12,18H,4,9-10,13-15H2,1-3H3,(H2,23,24,25). The number of aliphatic imine (C=N–C) groups is 1. The molecule has 9 heteroatoms. The maximum Gasteiger partial charge on any atom is 0.191 e. The number of para-hydroxylation sites is 1. The molecular formula is C22H30N8O. The van der Waals surface area contributed by atoms with E-state index in [1.165, 1.54) is 0 Å². The van der Waals surface area contributed by atoms with Crippen LogP contribution in [0.3, 0.4) is 0 Å². The minimum absolute atomic E-state index is 0.242. The topological polar surface area (TPSA) is 94.2 Å². The van der Waals surface area contributed by atoms with Crippen molar-refractivity contribution in [1.82, 2.24) is 35.2 Å². The van der Waals surface area contributed by atoms with E-state index in [0.717, 1.165) is 60.5 Å². The zero-order valence-corrected chi connectivity index (χ0v) is 18.4. The zero-order chi connectivity index (χ0) is 21.6. The summed E-state index contributed by atoms with van der Waals surface area (Å²) in [6, 6.07) is 10.5. The van der Waals surface area contributed by atoms with Crippen LogP contribution in [0, 0.1) is 6.92 Å². The number of methoxy groups -OCH3 is 1. The molecule has 31 heavy (non-hydrogen) atoms. The Kier molecular flexibility index (Phi) is 6.61. The molecule has 9 nitrogen and oxygen atoms in total. The van der Waals surface area contributed by atoms with Crippen molar-refractivity contribution in [3.05, 3.63) is 59.4 Å². The average molecular weight is 423 g/mol. The molecule has 0 saturated carbocycles. The molecule has 0 radical (unpaired) electrons. The van der Waals surface area contributed by atoms with Gasteiger partial charge in [-0.1, -0.05) is 18.2 Å². The fourth-order valence-electron chi connectivity index (χ4n) is 3.76. The molecule has 2 aromatic heterocycles. The van der Waals surface area contributed by atoms with Crippen molar-refractivity contribution in [3.8, 4) is 5.69 Å².